The molecule has 1 heterocycles. The molecule has 3 amide bonds. The number of nitrogens with zero attached hydrogens (tertiary/aromatic N) is 1. The molecule has 1 aliphatic rings. The van der Waals surface area contributed by atoms with Crippen LogP contribution >= 0.6 is 0 Å². The van der Waals surface area contributed by atoms with E-state index in [4.69, 9.17) is 5.73 Å². The predicted molar refractivity (Wildman–Crippen MR) is 94.9 cm³/mol. The quantitative estimate of drug-likeness (QED) is 0.627. The summed E-state index contributed by atoms with van der Waals surface area (Å²) in [5.74, 6) is -0.624. The molecule has 7 nitrogen and oxygen atoms in total. The third-order valence-electron chi connectivity index (χ3n) is 4.64. The second-order valence-electron chi connectivity index (χ2n) is 6.77. The van der Waals surface area contributed by atoms with E-state index >= 15 is 0 Å². The molecule has 0 atom stereocenters. The highest BCUT2D eigenvalue weighted by Gasteiger charge is 2.28. The van der Waals surface area contributed by atoms with Crippen LogP contribution in [-0.2, 0) is 14.4 Å². The summed E-state index contributed by atoms with van der Waals surface area (Å²) in [7, 11) is 1.63. The van der Waals surface area contributed by atoms with Gasteiger partial charge in [-0.3, -0.25) is 14.4 Å². The molecule has 1 aromatic carbocycles. The number of hydrogen-bond acceptors (Lipinski definition) is 3. The Balaban J connectivity index is 1.75. The van der Waals surface area contributed by atoms with Crippen LogP contribution in [0.3, 0.4) is 0 Å². The van der Waals surface area contributed by atoms with Gasteiger partial charge in [-0.1, -0.05) is 17.7 Å². The second kappa shape index (κ2) is 8.62. The van der Waals surface area contributed by atoms with Crippen molar-refractivity contribution in [2.45, 2.75) is 19.8 Å². The Morgan fingerprint density at radius 2 is 1.80 bits per heavy atom. The van der Waals surface area contributed by atoms with Crippen LogP contribution in [0.25, 0.3) is 0 Å². The summed E-state index contributed by atoms with van der Waals surface area (Å²) in [6, 6.07) is 7.51. The number of nitrogens with two attached hydrogens (primary N) is 1. The van der Waals surface area contributed by atoms with Gasteiger partial charge in [0.05, 0.1) is 19.6 Å². The van der Waals surface area contributed by atoms with Crippen LogP contribution < -0.4 is 16.0 Å². The predicted octanol–water partition coefficient (Wildman–Crippen LogP) is -0.828. The lowest BCUT2D eigenvalue weighted by Gasteiger charge is -2.28. The minimum Gasteiger partial charge on any atom is -0.369 e. The number of benzene rings is 1. The van der Waals surface area contributed by atoms with Gasteiger partial charge in [0.15, 0.2) is 6.54 Å². The number of primary amides is 1. The first-order chi connectivity index (χ1) is 11.8. The molecule has 7 heteroatoms. The number of piperidine rings is 1. The summed E-state index contributed by atoms with van der Waals surface area (Å²) in [4.78, 5) is 38.1. The number of rotatable bonds is 6. The van der Waals surface area contributed by atoms with Gasteiger partial charge in [-0.15, -0.1) is 0 Å². The number of carbonyl (C=O) groups is 3. The van der Waals surface area contributed by atoms with Gasteiger partial charge in [-0.2, -0.15) is 0 Å². The van der Waals surface area contributed by atoms with Crippen molar-refractivity contribution < 1.29 is 19.3 Å². The molecule has 1 aromatic rings. The van der Waals surface area contributed by atoms with E-state index in [0.717, 1.165) is 42.1 Å². The number of nitrogens with one attached hydrogen (secondary N) is 2. The maximum absolute atomic E-state index is 12.3. The van der Waals surface area contributed by atoms with E-state index in [0.29, 0.717) is 6.54 Å². The molecule has 0 aromatic heterocycles. The van der Waals surface area contributed by atoms with Crippen molar-refractivity contribution in [1.82, 2.24) is 4.90 Å². The number of anilines is 1. The Morgan fingerprint density at radius 3 is 2.36 bits per heavy atom. The topological polar surface area (TPSA) is 96.9 Å². The molecule has 1 aliphatic heterocycles. The van der Waals surface area contributed by atoms with Crippen LogP contribution in [0.15, 0.2) is 24.3 Å². The molecule has 0 bridgehead atoms. The van der Waals surface area contributed by atoms with Gasteiger partial charge in [-0.05, 0) is 19.1 Å². The van der Waals surface area contributed by atoms with Crippen molar-refractivity contribution in [2.75, 3.05) is 38.5 Å². The van der Waals surface area contributed by atoms with Gasteiger partial charge in [-0.25, -0.2) is 0 Å². The van der Waals surface area contributed by atoms with E-state index < -0.39 is 0 Å². The number of aryl methyl sites for hydroxylation is 1. The zero-order chi connectivity index (χ0) is 18.4. The highest BCUT2D eigenvalue weighted by molar-refractivity contribution is 5.94. The number of likely N-dealkylation sites (N-methyl/N-ethyl adjacent to an activating group) is 1. The fraction of sp³-hybridized carbons (Fsp3) is 0.500. The van der Waals surface area contributed by atoms with Crippen molar-refractivity contribution in [2.24, 2.45) is 11.7 Å². The third kappa shape index (κ3) is 5.86. The largest absolute Gasteiger partial charge is 0.369 e. The molecule has 0 spiro atoms. The summed E-state index contributed by atoms with van der Waals surface area (Å²) < 4.78 is 0. The van der Waals surface area contributed by atoms with E-state index in [2.05, 4.69) is 5.32 Å². The lowest BCUT2D eigenvalue weighted by atomic mass is 9.96. The Hall–Kier alpha value is -2.41. The zero-order valence-corrected chi connectivity index (χ0v) is 14.9. The van der Waals surface area contributed by atoms with E-state index in [-0.39, 0.29) is 30.2 Å². The highest BCUT2D eigenvalue weighted by atomic mass is 16.2. The molecular formula is C18H27N4O3+. The average Bonchev–Trinajstić information content (AvgIpc) is 2.57. The maximum atomic E-state index is 12.3. The summed E-state index contributed by atoms with van der Waals surface area (Å²) in [6.45, 7) is 3.84. The Labute approximate surface area is 148 Å². The molecule has 0 unspecified atom stereocenters. The average molecular weight is 347 g/mol. The minimum atomic E-state index is -0.254. The second-order valence-corrected chi connectivity index (χ2v) is 6.77. The maximum Gasteiger partial charge on any atom is 0.277 e. The van der Waals surface area contributed by atoms with Crippen LogP contribution in [0.1, 0.15) is 18.4 Å². The van der Waals surface area contributed by atoms with Gasteiger partial charge < -0.3 is 20.9 Å². The standard InChI is InChI=1S/C18H26N4O3/c1-13-3-5-15(6-4-13)20-16(23)11-21(2)17(24)12-22-9-7-14(8-10-22)18(19)25/h3-6,14H,7-12H2,1-2H3,(H2,19,25)(H,20,23)/p+1. The van der Waals surface area contributed by atoms with Gasteiger partial charge in [0.2, 0.25) is 11.8 Å². The smallest absolute Gasteiger partial charge is 0.277 e. The molecule has 0 aliphatic carbocycles. The Kier molecular flexibility index (Phi) is 6.52. The van der Waals surface area contributed by atoms with Gasteiger partial charge >= 0.3 is 0 Å². The van der Waals surface area contributed by atoms with Crippen LogP contribution in [0.2, 0.25) is 0 Å². The van der Waals surface area contributed by atoms with Crippen molar-refractivity contribution in [1.29, 1.82) is 0 Å². The third-order valence-corrected chi connectivity index (χ3v) is 4.64. The number of carbonyl (C=O) groups excluding carboxylic acids is 3. The van der Waals surface area contributed by atoms with E-state index in [1.165, 1.54) is 4.90 Å². The number of quaternary nitrogens is 1. The number of amides is 3. The summed E-state index contributed by atoms with van der Waals surface area (Å²) >= 11 is 0. The molecule has 136 valence electrons. The normalized spacial score (nSPS) is 19.9. The number of likely N-dealkylation sites (tertiary alicyclic amines) is 1. The Morgan fingerprint density at radius 1 is 1.20 bits per heavy atom. The minimum absolute atomic E-state index is 0.0178. The lowest BCUT2D eigenvalue weighted by Crippen LogP contribution is -3.14. The number of hydrogen-bond donors (Lipinski definition) is 3. The monoisotopic (exact) mass is 347 g/mol. The summed E-state index contributed by atoms with van der Waals surface area (Å²) in [5, 5.41) is 2.79. The van der Waals surface area contributed by atoms with Gasteiger partial charge in [0.25, 0.3) is 5.91 Å². The first-order valence-corrected chi connectivity index (χ1v) is 8.58. The highest BCUT2D eigenvalue weighted by Crippen LogP contribution is 2.09. The molecular weight excluding hydrogens is 320 g/mol. The SMILES string of the molecule is Cc1ccc(NC(=O)CN(C)C(=O)C[NH+]2CCC(C(N)=O)CC2)cc1. The van der Waals surface area contributed by atoms with Crippen LogP contribution in [-0.4, -0.2) is 55.8 Å². The molecule has 4 N–H and O–H groups in total. The molecule has 0 saturated carbocycles. The van der Waals surface area contributed by atoms with Crippen molar-refractivity contribution >= 4 is 23.4 Å². The van der Waals surface area contributed by atoms with Crippen LogP contribution in [0.5, 0.6) is 0 Å². The zero-order valence-electron chi connectivity index (χ0n) is 14.9. The summed E-state index contributed by atoms with van der Waals surface area (Å²) in [6.07, 6.45) is 1.44. The lowest BCUT2D eigenvalue weighted by molar-refractivity contribution is -0.898. The van der Waals surface area contributed by atoms with Gasteiger partial charge in [0, 0.05) is 31.5 Å². The fourth-order valence-electron chi connectivity index (χ4n) is 2.98. The molecule has 2 rings (SSSR count). The van der Waals surface area contributed by atoms with Crippen molar-refractivity contribution in [3.8, 4) is 0 Å². The summed E-state index contributed by atoms with van der Waals surface area (Å²) in [5.41, 5.74) is 7.16. The van der Waals surface area contributed by atoms with Gasteiger partial charge in [0.1, 0.15) is 0 Å². The van der Waals surface area contributed by atoms with E-state index in [1.807, 2.05) is 31.2 Å². The Bertz CT molecular complexity index is 622. The first-order valence-electron chi connectivity index (χ1n) is 8.58. The molecule has 1 saturated heterocycles. The molecule has 1 fully saturated rings. The van der Waals surface area contributed by atoms with E-state index in [9.17, 15) is 14.4 Å². The van der Waals surface area contributed by atoms with E-state index in [1.54, 1.807) is 7.05 Å². The van der Waals surface area contributed by atoms with Crippen molar-refractivity contribution in [3.63, 3.8) is 0 Å². The molecule has 25 heavy (non-hydrogen) atoms. The van der Waals surface area contributed by atoms with Crippen LogP contribution in [0.4, 0.5) is 5.69 Å². The molecule has 0 radical (unpaired) electrons. The van der Waals surface area contributed by atoms with Crippen LogP contribution in [0, 0.1) is 12.8 Å². The van der Waals surface area contributed by atoms with Crippen molar-refractivity contribution in [3.05, 3.63) is 29.8 Å². The first kappa shape index (κ1) is 18.9. The fourth-order valence-corrected chi connectivity index (χ4v) is 2.98.